The van der Waals surface area contributed by atoms with Gasteiger partial charge in [-0.3, -0.25) is 4.79 Å². The summed E-state index contributed by atoms with van der Waals surface area (Å²) in [7, 11) is 0. The Hall–Kier alpha value is -2.73. The van der Waals surface area contributed by atoms with E-state index >= 15 is 0 Å². The number of ether oxygens (including phenoxy) is 5. The van der Waals surface area contributed by atoms with Gasteiger partial charge in [-0.15, -0.1) is 13.2 Å². The summed E-state index contributed by atoms with van der Waals surface area (Å²) in [6, 6.07) is 11.1. The first-order chi connectivity index (χ1) is 18.2. The third-order valence-electron chi connectivity index (χ3n) is 6.51. The Morgan fingerprint density at radius 2 is 1.77 bits per heavy atom. The van der Waals surface area contributed by atoms with Gasteiger partial charge in [0, 0.05) is 18.9 Å². The Labute approximate surface area is 224 Å². The van der Waals surface area contributed by atoms with Crippen molar-refractivity contribution in [2.75, 3.05) is 0 Å². The van der Waals surface area contributed by atoms with Crippen molar-refractivity contribution >= 4 is 5.91 Å². The first-order valence-electron chi connectivity index (χ1n) is 12.7. The Balaban J connectivity index is 1.58. The summed E-state index contributed by atoms with van der Waals surface area (Å²) < 4.78 is 80.2. The van der Waals surface area contributed by atoms with Crippen molar-refractivity contribution in [1.82, 2.24) is 5.32 Å². The van der Waals surface area contributed by atoms with Crippen molar-refractivity contribution in [2.45, 2.75) is 95.9 Å². The minimum Gasteiger partial charge on any atom is -0.406 e. The van der Waals surface area contributed by atoms with Gasteiger partial charge in [0.25, 0.3) is 5.91 Å². The molecule has 1 amide bonds. The highest BCUT2D eigenvalue weighted by atomic mass is 19.4. The largest absolute Gasteiger partial charge is 0.573 e. The lowest BCUT2D eigenvalue weighted by Crippen LogP contribution is -2.60. The smallest absolute Gasteiger partial charge is 0.406 e. The maximum atomic E-state index is 13.6. The number of nitrogens with one attached hydrogen (secondary N) is 1. The van der Waals surface area contributed by atoms with Crippen molar-refractivity contribution in [2.24, 2.45) is 0 Å². The summed E-state index contributed by atoms with van der Waals surface area (Å²) in [5.41, 5.74) is -0.241. The van der Waals surface area contributed by atoms with Gasteiger partial charge in [-0.25, -0.2) is 4.39 Å². The molecule has 2 aromatic carbocycles. The van der Waals surface area contributed by atoms with E-state index < -0.39 is 36.1 Å². The highest BCUT2D eigenvalue weighted by Gasteiger charge is 2.58. The van der Waals surface area contributed by atoms with Gasteiger partial charge < -0.3 is 29.0 Å². The molecule has 0 spiro atoms. The Bertz CT molecular complexity index is 1140. The van der Waals surface area contributed by atoms with Crippen molar-refractivity contribution in [3.63, 3.8) is 0 Å². The van der Waals surface area contributed by atoms with Crippen LogP contribution in [0.2, 0.25) is 0 Å². The Kier molecular flexibility index (Phi) is 8.55. The van der Waals surface area contributed by atoms with Crippen molar-refractivity contribution in [1.29, 1.82) is 0 Å². The van der Waals surface area contributed by atoms with Gasteiger partial charge in [0.1, 0.15) is 17.7 Å². The van der Waals surface area contributed by atoms with Crippen LogP contribution in [0.3, 0.4) is 0 Å². The first-order valence-corrected chi connectivity index (χ1v) is 12.7. The maximum Gasteiger partial charge on any atom is 0.573 e. The van der Waals surface area contributed by atoms with Crippen LogP contribution in [0.25, 0.3) is 0 Å². The summed E-state index contributed by atoms with van der Waals surface area (Å²) in [4.78, 5) is 13.6. The lowest BCUT2D eigenvalue weighted by Gasteiger charge is -2.43. The van der Waals surface area contributed by atoms with Crippen LogP contribution in [0, 0.1) is 5.82 Å². The molecule has 0 aromatic heterocycles. The molecule has 1 heterocycles. The number of rotatable bonds is 9. The molecule has 1 saturated heterocycles. The van der Waals surface area contributed by atoms with E-state index in [9.17, 15) is 22.4 Å². The fourth-order valence-electron chi connectivity index (χ4n) is 4.94. The number of alkyl halides is 3. The number of fused-ring (bicyclic) bond motifs is 1. The van der Waals surface area contributed by atoms with Gasteiger partial charge in [-0.05, 0) is 63.1 Å². The second-order valence-corrected chi connectivity index (χ2v) is 10.6. The molecule has 0 radical (unpaired) electrons. The molecule has 11 heteroatoms. The van der Waals surface area contributed by atoms with E-state index in [0.29, 0.717) is 11.1 Å². The van der Waals surface area contributed by atoms with E-state index in [-0.39, 0.29) is 49.6 Å². The molecule has 2 fully saturated rings. The van der Waals surface area contributed by atoms with Gasteiger partial charge in [0.05, 0.1) is 25.4 Å². The lowest BCUT2D eigenvalue weighted by molar-refractivity contribution is -0.274. The molecule has 4 atom stereocenters. The van der Waals surface area contributed by atoms with E-state index in [1.807, 2.05) is 13.8 Å². The third-order valence-corrected chi connectivity index (χ3v) is 6.51. The molecule has 1 aliphatic carbocycles. The van der Waals surface area contributed by atoms with E-state index in [0.717, 1.165) is 0 Å². The van der Waals surface area contributed by atoms with E-state index in [2.05, 4.69) is 10.1 Å². The minimum absolute atomic E-state index is 0.0387. The number of hydrogen-bond acceptors (Lipinski definition) is 6. The van der Waals surface area contributed by atoms with Crippen LogP contribution >= 0.6 is 0 Å². The molecule has 39 heavy (non-hydrogen) atoms. The van der Waals surface area contributed by atoms with E-state index in [4.69, 9.17) is 18.9 Å². The molecular weight excluding hydrogens is 522 g/mol. The molecule has 1 aliphatic heterocycles. The zero-order chi connectivity index (χ0) is 28.4. The zero-order valence-corrected chi connectivity index (χ0v) is 22.2. The number of hydrogen-bond donors (Lipinski definition) is 1. The fourth-order valence-corrected chi connectivity index (χ4v) is 4.94. The molecule has 4 rings (SSSR count). The molecule has 0 bridgehead atoms. The highest BCUT2D eigenvalue weighted by Crippen LogP contribution is 2.44. The Morgan fingerprint density at radius 1 is 1.05 bits per heavy atom. The van der Waals surface area contributed by atoms with Crippen LogP contribution in [0.15, 0.2) is 48.5 Å². The van der Waals surface area contributed by atoms with Gasteiger partial charge in [-0.2, -0.15) is 0 Å². The molecule has 214 valence electrons. The van der Waals surface area contributed by atoms with Crippen molar-refractivity contribution < 1.29 is 46.0 Å². The molecule has 1 N–H and O–H groups in total. The third kappa shape index (κ3) is 7.69. The monoisotopic (exact) mass is 555 g/mol. The number of halogens is 4. The topological polar surface area (TPSA) is 75.3 Å². The quantitative estimate of drug-likeness (QED) is 0.418. The minimum atomic E-state index is -4.82. The highest BCUT2D eigenvalue weighted by molar-refractivity contribution is 5.85. The summed E-state index contributed by atoms with van der Waals surface area (Å²) in [5, 5.41) is 2.92. The second kappa shape index (κ2) is 11.4. The number of benzene rings is 2. The van der Waals surface area contributed by atoms with Crippen LogP contribution in [0.5, 0.6) is 5.75 Å². The van der Waals surface area contributed by atoms with Crippen molar-refractivity contribution in [3.8, 4) is 5.75 Å². The summed E-state index contributed by atoms with van der Waals surface area (Å²) in [5.74, 6) is -2.04. The lowest BCUT2D eigenvalue weighted by atomic mass is 9.78. The van der Waals surface area contributed by atoms with Crippen LogP contribution in [-0.2, 0) is 37.0 Å². The average Bonchev–Trinajstić information content (AvgIpc) is 3.14. The molecule has 2 aromatic rings. The molecule has 0 unspecified atom stereocenters. The molecular formula is C28H33F4NO6. The Morgan fingerprint density at radius 3 is 2.44 bits per heavy atom. The second-order valence-electron chi connectivity index (χ2n) is 10.6. The van der Waals surface area contributed by atoms with Gasteiger partial charge >= 0.3 is 6.36 Å². The molecule has 2 aliphatic rings. The fraction of sp³-hybridized carbons (Fsp3) is 0.536. The number of carbonyl (C=O) groups is 1. The van der Waals surface area contributed by atoms with E-state index in [1.165, 1.54) is 30.3 Å². The SMILES string of the molecule is CC(C)NC(=O)[C@@]1(OCc2ccc(F)cc2)C[C@H](OCc2cccc(OC(F)(F)F)c2)[C@@H]2OC(C)(C)O[C@@H]2C1. The average molecular weight is 556 g/mol. The summed E-state index contributed by atoms with van der Waals surface area (Å²) in [6.45, 7) is 7.16. The predicted octanol–water partition coefficient (Wildman–Crippen LogP) is 5.40. The van der Waals surface area contributed by atoms with Crippen LogP contribution in [0.4, 0.5) is 17.6 Å². The van der Waals surface area contributed by atoms with E-state index in [1.54, 1.807) is 32.0 Å². The van der Waals surface area contributed by atoms with Gasteiger partial charge in [-0.1, -0.05) is 24.3 Å². The molecule has 1 saturated carbocycles. The van der Waals surface area contributed by atoms with Crippen molar-refractivity contribution in [3.05, 3.63) is 65.5 Å². The maximum absolute atomic E-state index is 13.6. The van der Waals surface area contributed by atoms with Crippen LogP contribution in [-0.4, -0.2) is 48.0 Å². The van der Waals surface area contributed by atoms with Crippen LogP contribution < -0.4 is 10.1 Å². The zero-order valence-electron chi connectivity index (χ0n) is 22.2. The van der Waals surface area contributed by atoms with Crippen LogP contribution in [0.1, 0.15) is 51.7 Å². The summed E-state index contributed by atoms with van der Waals surface area (Å²) in [6.07, 6.45) is -6.30. The van der Waals surface area contributed by atoms with Gasteiger partial charge in [0.2, 0.25) is 0 Å². The normalized spacial score (nSPS) is 26.3. The first kappa shape index (κ1) is 29.3. The number of carbonyl (C=O) groups excluding carboxylic acids is 1. The van der Waals surface area contributed by atoms with Gasteiger partial charge in [0.15, 0.2) is 11.4 Å². The standard InChI is InChI=1S/C28H33F4NO6/c1-17(2)33-25(34)27(36-16-18-8-10-20(29)11-9-18)13-22(24-23(14-27)38-26(3,4)39-24)35-15-19-6-5-7-21(12-19)37-28(30,31)32/h5-12,17,22-24H,13-16H2,1-4H3,(H,33,34)/t22-,23+,24-,27+/m0/s1. The predicted molar refractivity (Wildman–Crippen MR) is 132 cm³/mol. The molecule has 7 nitrogen and oxygen atoms in total. The summed E-state index contributed by atoms with van der Waals surface area (Å²) >= 11 is 0. The number of amides is 1.